The highest BCUT2D eigenvalue weighted by Crippen LogP contribution is 2.34. The highest BCUT2D eigenvalue weighted by Gasteiger charge is 2.24. The van der Waals surface area contributed by atoms with Gasteiger partial charge in [-0.1, -0.05) is 19.3 Å². The summed E-state index contributed by atoms with van der Waals surface area (Å²) < 4.78 is 8.11. The van der Waals surface area contributed by atoms with Crippen LogP contribution in [0.25, 0.3) is 11.2 Å². The van der Waals surface area contributed by atoms with Gasteiger partial charge in [-0.2, -0.15) is 4.98 Å². The summed E-state index contributed by atoms with van der Waals surface area (Å²) >= 11 is 5.49. The van der Waals surface area contributed by atoms with Crippen LogP contribution < -0.4 is 4.74 Å². The van der Waals surface area contributed by atoms with Crippen LogP contribution in [-0.2, 0) is 0 Å². The zero-order valence-corrected chi connectivity index (χ0v) is 12.7. The summed E-state index contributed by atoms with van der Waals surface area (Å²) in [5.41, 5.74) is 1.64. The second kappa shape index (κ2) is 5.52. The molecule has 0 radical (unpaired) electrons. The molecule has 0 aromatic carbocycles. The second-order valence-corrected chi connectivity index (χ2v) is 5.91. The van der Waals surface area contributed by atoms with Crippen molar-refractivity contribution < 1.29 is 4.74 Å². The maximum atomic E-state index is 5.49. The standard InChI is InChI=1S/C14H20N4OS/c1-9(10-6-4-3-5-7-10)18-12-11(17-14(18)20)13(19-2)16-8-15-12/h8-10H,3-7H2,1-2H3,(H,17,20). The summed E-state index contributed by atoms with van der Waals surface area (Å²) in [7, 11) is 1.61. The fraction of sp³-hybridized carbons (Fsp3) is 0.643. The molecule has 108 valence electrons. The van der Waals surface area contributed by atoms with Crippen molar-refractivity contribution in [2.24, 2.45) is 5.92 Å². The maximum Gasteiger partial charge on any atom is 0.242 e. The molecular weight excluding hydrogens is 272 g/mol. The van der Waals surface area contributed by atoms with E-state index in [4.69, 9.17) is 17.0 Å². The molecular formula is C14H20N4OS. The summed E-state index contributed by atoms with van der Waals surface area (Å²) in [6.07, 6.45) is 8.09. The Balaban J connectivity index is 2.06. The number of aromatic amines is 1. The van der Waals surface area contributed by atoms with Crippen LogP contribution in [0.4, 0.5) is 0 Å². The number of methoxy groups -OCH3 is 1. The molecule has 0 spiro atoms. The van der Waals surface area contributed by atoms with E-state index in [1.807, 2.05) is 0 Å². The molecule has 0 aliphatic heterocycles. The lowest BCUT2D eigenvalue weighted by Gasteiger charge is -2.28. The Bertz CT molecular complexity index is 657. The van der Waals surface area contributed by atoms with Crippen LogP contribution >= 0.6 is 12.2 Å². The Morgan fingerprint density at radius 3 is 2.80 bits per heavy atom. The van der Waals surface area contributed by atoms with E-state index < -0.39 is 0 Å². The lowest BCUT2D eigenvalue weighted by Crippen LogP contribution is -2.19. The number of aromatic nitrogens is 4. The van der Waals surface area contributed by atoms with Crippen molar-refractivity contribution in [3.63, 3.8) is 0 Å². The van der Waals surface area contributed by atoms with Gasteiger partial charge in [-0.25, -0.2) is 4.98 Å². The van der Waals surface area contributed by atoms with Crippen LogP contribution in [-0.4, -0.2) is 26.6 Å². The summed E-state index contributed by atoms with van der Waals surface area (Å²) in [6.45, 7) is 2.24. The molecule has 0 amide bonds. The normalized spacial score (nSPS) is 18.3. The zero-order valence-electron chi connectivity index (χ0n) is 11.9. The molecule has 1 unspecified atom stereocenters. The Kier molecular flexibility index (Phi) is 3.74. The van der Waals surface area contributed by atoms with Crippen LogP contribution in [0, 0.1) is 10.7 Å². The smallest absolute Gasteiger partial charge is 0.242 e. The molecule has 2 heterocycles. The van der Waals surface area contributed by atoms with Gasteiger partial charge in [0.1, 0.15) is 11.8 Å². The third-order valence-corrected chi connectivity index (χ3v) is 4.70. The van der Waals surface area contributed by atoms with Gasteiger partial charge in [0.15, 0.2) is 10.4 Å². The van der Waals surface area contributed by atoms with Gasteiger partial charge in [0, 0.05) is 6.04 Å². The average molecular weight is 292 g/mol. The number of fused-ring (bicyclic) bond motifs is 1. The van der Waals surface area contributed by atoms with E-state index in [0.29, 0.717) is 22.6 Å². The Morgan fingerprint density at radius 1 is 1.35 bits per heavy atom. The molecule has 0 bridgehead atoms. The molecule has 1 saturated carbocycles. The van der Waals surface area contributed by atoms with E-state index in [-0.39, 0.29) is 0 Å². The van der Waals surface area contributed by atoms with Crippen molar-refractivity contribution in [2.45, 2.75) is 45.1 Å². The third-order valence-electron chi connectivity index (χ3n) is 4.40. The Hall–Kier alpha value is -1.43. The van der Waals surface area contributed by atoms with E-state index in [9.17, 15) is 0 Å². The van der Waals surface area contributed by atoms with Gasteiger partial charge in [-0.15, -0.1) is 0 Å². The van der Waals surface area contributed by atoms with Crippen LogP contribution in [0.2, 0.25) is 0 Å². The molecule has 1 N–H and O–H groups in total. The monoisotopic (exact) mass is 292 g/mol. The van der Waals surface area contributed by atoms with Crippen molar-refractivity contribution in [1.29, 1.82) is 0 Å². The van der Waals surface area contributed by atoms with Crippen molar-refractivity contribution in [1.82, 2.24) is 19.5 Å². The number of nitrogens with one attached hydrogen (secondary N) is 1. The van der Waals surface area contributed by atoms with Crippen molar-refractivity contribution in [3.8, 4) is 5.88 Å². The molecule has 1 aliphatic rings. The molecule has 6 heteroatoms. The van der Waals surface area contributed by atoms with E-state index >= 15 is 0 Å². The van der Waals surface area contributed by atoms with E-state index in [1.165, 1.54) is 38.4 Å². The molecule has 1 aliphatic carbocycles. The SMILES string of the molecule is COc1ncnc2c1[nH]c(=S)n2C(C)C1CCCCC1. The van der Waals surface area contributed by atoms with Crippen LogP contribution in [0.15, 0.2) is 6.33 Å². The first kappa shape index (κ1) is 13.5. The molecule has 1 atom stereocenters. The molecule has 3 rings (SSSR count). The Labute approximate surface area is 123 Å². The lowest BCUT2D eigenvalue weighted by atomic mass is 9.84. The number of hydrogen-bond donors (Lipinski definition) is 1. The highest BCUT2D eigenvalue weighted by atomic mass is 32.1. The first-order chi connectivity index (χ1) is 9.72. The van der Waals surface area contributed by atoms with E-state index in [0.717, 1.165) is 11.2 Å². The third kappa shape index (κ3) is 2.22. The predicted octanol–water partition coefficient (Wildman–Crippen LogP) is 3.64. The fourth-order valence-corrected chi connectivity index (χ4v) is 3.63. The van der Waals surface area contributed by atoms with Gasteiger partial charge in [0.25, 0.3) is 0 Å². The number of hydrogen-bond acceptors (Lipinski definition) is 4. The summed E-state index contributed by atoms with van der Waals surface area (Å²) in [4.78, 5) is 11.7. The fourth-order valence-electron chi connectivity index (χ4n) is 3.28. The number of ether oxygens (including phenoxy) is 1. The van der Waals surface area contributed by atoms with E-state index in [2.05, 4.69) is 26.4 Å². The minimum absolute atomic E-state index is 0.358. The van der Waals surface area contributed by atoms with Crippen molar-refractivity contribution in [3.05, 3.63) is 11.1 Å². The predicted molar refractivity (Wildman–Crippen MR) is 80.6 cm³/mol. The summed E-state index contributed by atoms with van der Waals surface area (Å²) in [6, 6.07) is 0.358. The van der Waals surface area contributed by atoms with Gasteiger partial charge in [0.05, 0.1) is 7.11 Å². The Morgan fingerprint density at radius 2 is 2.10 bits per heavy atom. The van der Waals surface area contributed by atoms with Gasteiger partial charge < -0.3 is 9.72 Å². The first-order valence-corrected chi connectivity index (χ1v) is 7.62. The maximum absolute atomic E-state index is 5.49. The molecule has 2 aromatic heterocycles. The summed E-state index contributed by atoms with van der Waals surface area (Å²) in [5.74, 6) is 1.23. The van der Waals surface area contributed by atoms with Crippen LogP contribution in [0.3, 0.4) is 0 Å². The molecule has 0 saturated heterocycles. The molecule has 20 heavy (non-hydrogen) atoms. The van der Waals surface area contributed by atoms with Gasteiger partial charge in [0.2, 0.25) is 5.88 Å². The quantitative estimate of drug-likeness (QED) is 0.878. The highest BCUT2D eigenvalue weighted by molar-refractivity contribution is 7.71. The topological polar surface area (TPSA) is 55.7 Å². The number of imidazole rings is 1. The summed E-state index contributed by atoms with van der Waals surface area (Å²) in [5, 5.41) is 0. The first-order valence-electron chi connectivity index (χ1n) is 7.21. The number of nitrogens with zero attached hydrogens (tertiary/aromatic N) is 3. The van der Waals surface area contributed by atoms with Gasteiger partial charge >= 0.3 is 0 Å². The number of rotatable bonds is 3. The molecule has 1 fully saturated rings. The minimum atomic E-state index is 0.358. The lowest BCUT2D eigenvalue weighted by molar-refractivity contribution is 0.265. The largest absolute Gasteiger partial charge is 0.479 e. The zero-order chi connectivity index (χ0) is 14.1. The minimum Gasteiger partial charge on any atom is -0.479 e. The average Bonchev–Trinajstić information content (AvgIpc) is 2.83. The number of H-pyrrole nitrogens is 1. The van der Waals surface area contributed by atoms with Gasteiger partial charge in [-0.05, 0) is 37.9 Å². The van der Waals surface area contributed by atoms with Crippen LogP contribution in [0.5, 0.6) is 5.88 Å². The van der Waals surface area contributed by atoms with Crippen molar-refractivity contribution in [2.75, 3.05) is 7.11 Å². The second-order valence-electron chi connectivity index (χ2n) is 5.52. The van der Waals surface area contributed by atoms with Gasteiger partial charge in [-0.3, -0.25) is 4.57 Å². The van der Waals surface area contributed by atoms with Crippen LogP contribution in [0.1, 0.15) is 45.1 Å². The molecule has 5 nitrogen and oxygen atoms in total. The van der Waals surface area contributed by atoms with Crippen molar-refractivity contribution >= 4 is 23.4 Å². The van der Waals surface area contributed by atoms with E-state index in [1.54, 1.807) is 7.11 Å². The molecule has 2 aromatic rings.